The summed E-state index contributed by atoms with van der Waals surface area (Å²) in [7, 11) is 0. The number of carboxylic acid groups (broad SMARTS) is 1. The van der Waals surface area contributed by atoms with Crippen molar-refractivity contribution in [2.45, 2.75) is 23.5 Å². The summed E-state index contributed by atoms with van der Waals surface area (Å²) in [5, 5.41) is 11.4. The van der Waals surface area contributed by atoms with Crippen LogP contribution in [0.5, 0.6) is 0 Å². The molecule has 3 N–H and O–H groups in total. The maximum absolute atomic E-state index is 11.6. The number of hydrogen-bond acceptors (Lipinski definition) is 3. The molecule has 0 aromatic carbocycles. The summed E-state index contributed by atoms with van der Waals surface area (Å²) in [4.78, 5) is 25.7. The molecule has 0 saturated carbocycles. The van der Waals surface area contributed by atoms with Gasteiger partial charge in [0, 0.05) is 0 Å². The van der Waals surface area contributed by atoms with E-state index in [0.717, 1.165) is 4.90 Å². The van der Waals surface area contributed by atoms with Gasteiger partial charge in [0.15, 0.2) is 0 Å². The summed E-state index contributed by atoms with van der Waals surface area (Å²) < 4.78 is -0.565. The number of carbonyl (C=O) groups is 2. The molecule has 0 spiro atoms. The lowest BCUT2D eigenvalue weighted by Gasteiger charge is -2.27. The van der Waals surface area contributed by atoms with Crippen molar-refractivity contribution in [3.63, 3.8) is 0 Å². The van der Waals surface area contributed by atoms with Crippen molar-refractivity contribution in [2.24, 2.45) is 0 Å². The number of aromatic amines is 1. The molecule has 6 heteroatoms. The number of rotatable bonds is 1. The van der Waals surface area contributed by atoms with Gasteiger partial charge in [0.05, 0.1) is 9.64 Å². The molecule has 1 aromatic heterocycles. The highest BCUT2D eigenvalue weighted by Crippen LogP contribution is 2.42. The van der Waals surface area contributed by atoms with Gasteiger partial charge in [-0.15, -0.1) is 11.8 Å². The van der Waals surface area contributed by atoms with Crippen LogP contribution < -0.4 is 5.32 Å². The van der Waals surface area contributed by atoms with Crippen LogP contribution in [0.15, 0.2) is 11.0 Å². The van der Waals surface area contributed by atoms with E-state index in [1.165, 1.54) is 17.8 Å². The first-order chi connectivity index (χ1) is 6.90. The minimum absolute atomic E-state index is 0.0884. The van der Waals surface area contributed by atoms with Gasteiger partial charge in [0.2, 0.25) is 5.91 Å². The van der Waals surface area contributed by atoms with Crippen molar-refractivity contribution < 1.29 is 14.7 Å². The molecule has 80 valence electrons. The minimum atomic E-state index is -1.03. The van der Waals surface area contributed by atoms with Crippen LogP contribution in [0.3, 0.4) is 0 Å². The van der Waals surface area contributed by atoms with Gasteiger partial charge in [-0.1, -0.05) is 0 Å². The first-order valence-electron chi connectivity index (χ1n) is 4.37. The zero-order valence-electron chi connectivity index (χ0n) is 8.25. The average Bonchev–Trinajstić information content (AvgIpc) is 2.47. The Balaban J connectivity index is 2.42. The Bertz CT molecular complexity index is 450. The normalized spacial score (nSPS) is 18.1. The highest BCUT2D eigenvalue weighted by Gasteiger charge is 2.35. The summed E-state index contributed by atoms with van der Waals surface area (Å²) in [5.41, 5.74) is 0.0884. The van der Waals surface area contributed by atoms with Crippen LogP contribution in [0.2, 0.25) is 0 Å². The Morgan fingerprint density at radius 2 is 2.20 bits per heavy atom. The van der Waals surface area contributed by atoms with Gasteiger partial charge in [-0.25, -0.2) is 4.79 Å². The lowest BCUT2D eigenvalue weighted by Crippen LogP contribution is -2.36. The zero-order valence-corrected chi connectivity index (χ0v) is 9.07. The molecule has 2 heterocycles. The average molecular weight is 226 g/mol. The number of thioether (sulfide) groups is 1. The van der Waals surface area contributed by atoms with Gasteiger partial charge in [0.1, 0.15) is 11.5 Å². The van der Waals surface area contributed by atoms with Crippen LogP contribution >= 0.6 is 11.8 Å². The lowest BCUT2D eigenvalue weighted by atomic mass is 10.2. The van der Waals surface area contributed by atoms with Crippen LogP contribution in [0.1, 0.15) is 24.3 Å². The van der Waals surface area contributed by atoms with Crippen LogP contribution in [-0.4, -0.2) is 26.7 Å². The number of fused-ring (bicyclic) bond motifs is 1. The molecule has 0 fully saturated rings. The molecule has 0 aliphatic carbocycles. The maximum Gasteiger partial charge on any atom is 0.352 e. The van der Waals surface area contributed by atoms with Crippen LogP contribution in [0.25, 0.3) is 0 Å². The van der Waals surface area contributed by atoms with Crippen LogP contribution in [-0.2, 0) is 4.79 Å². The standard InChI is InChI=1S/C9H10N2O3S/c1-9(2)8(14)11-6-5(15-9)3-4(10-6)7(12)13/h3,10H,1-2H3,(H,11,14)(H,12,13). The predicted octanol–water partition coefficient (Wildman–Crippen LogP) is 1.54. The van der Waals surface area contributed by atoms with Gasteiger partial charge >= 0.3 is 5.97 Å². The lowest BCUT2D eigenvalue weighted by molar-refractivity contribution is -0.117. The molecular weight excluding hydrogens is 216 g/mol. The SMILES string of the molecule is CC1(C)Sc2cc(C(=O)O)[nH]c2NC1=O. The number of hydrogen-bond donors (Lipinski definition) is 3. The van der Waals surface area contributed by atoms with E-state index in [1.807, 2.05) is 0 Å². The fourth-order valence-electron chi connectivity index (χ4n) is 1.31. The number of aromatic carboxylic acids is 1. The van der Waals surface area contributed by atoms with Gasteiger partial charge in [-0.2, -0.15) is 0 Å². The Kier molecular flexibility index (Phi) is 2.04. The molecule has 1 aliphatic rings. The summed E-state index contributed by atoms with van der Waals surface area (Å²) in [5.74, 6) is -0.683. The largest absolute Gasteiger partial charge is 0.477 e. The second-order valence-corrected chi connectivity index (χ2v) is 5.46. The third kappa shape index (κ3) is 1.61. The highest BCUT2D eigenvalue weighted by molar-refractivity contribution is 8.01. The van der Waals surface area contributed by atoms with Crippen molar-refractivity contribution in [2.75, 3.05) is 5.32 Å². The van der Waals surface area contributed by atoms with E-state index in [-0.39, 0.29) is 11.6 Å². The van der Waals surface area contributed by atoms with E-state index in [1.54, 1.807) is 13.8 Å². The molecule has 0 unspecified atom stereocenters. The molecule has 5 nitrogen and oxygen atoms in total. The smallest absolute Gasteiger partial charge is 0.352 e. The molecule has 1 aromatic rings. The van der Waals surface area contributed by atoms with E-state index in [2.05, 4.69) is 10.3 Å². The number of H-pyrrole nitrogens is 1. The second kappa shape index (κ2) is 3.03. The molecule has 0 atom stereocenters. The van der Waals surface area contributed by atoms with Gasteiger partial charge in [0.25, 0.3) is 0 Å². The highest BCUT2D eigenvalue weighted by atomic mass is 32.2. The summed E-state index contributed by atoms with van der Waals surface area (Å²) in [6.45, 7) is 3.59. The fourth-order valence-corrected chi connectivity index (χ4v) is 2.38. The fraction of sp³-hybridized carbons (Fsp3) is 0.333. The van der Waals surface area contributed by atoms with Crippen molar-refractivity contribution in [3.05, 3.63) is 11.8 Å². The molecule has 0 bridgehead atoms. The number of aromatic nitrogens is 1. The van der Waals surface area contributed by atoms with Crippen LogP contribution in [0.4, 0.5) is 5.82 Å². The van der Waals surface area contributed by atoms with Gasteiger partial charge in [-0.3, -0.25) is 4.79 Å². The third-order valence-corrected chi connectivity index (χ3v) is 3.40. The number of carboxylic acids is 1. The molecule has 0 radical (unpaired) electrons. The number of nitrogens with one attached hydrogen (secondary N) is 2. The van der Waals surface area contributed by atoms with Crippen molar-refractivity contribution in [1.29, 1.82) is 0 Å². The Labute approximate surface area is 90.2 Å². The molecule has 1 amide bonds. The molecule has 15 heavy (non-hydrogen) atoms. The molecular formula is C9H10N2O3S. The van der Waals surface area contributed by atoms with Crippen molar-refractivity contribution in [3.8, 4) is 0 Å². The van der Waals surface area contributed by atoms with Gasteiger partial charge in [-0.05, 0) is 19.9 Å². The quantitative estimate of drug-likeness (QED) is 0.678. The van der Waals surface area contributed by atoms with Crippen molar-refractivity contribution >= 4 is 29.5 Å². The molecule has 0 saturated heterocycles. The predicted molar refractivity (Wildman–Crippen MR) is 56.3 cm³/mol. The van der Waals surface area contributed by atoms with Crippen molar-refractivity contribution in [1.82, 2.24) is 4.98 Å². The monoisotopic (exact) mass is 226 g/mol. The first-order valence-corrected chi connectivity index (χ1v) is 5.18. The molecule has 1 aliphatic heterocycles. The molecule has 2 rings (SSSR count). The number of anilines is 1. The van der Waals surface area contributed by atoms with E-state index < -0.39 is 10.7 Å². The van der Waals surface area contributed by atoms with E-state index in [0.29, 0.717) is 5.82 Å². The number of amides is 1. The van der Waals surface area contributed by atoms with E-state index >= 15 is 0 Å². The van der Waals surface area contributed by atoms with Gasteiger partial charge < -0.3 is 15.4 Å². The Morgan fingerprint density at radius 3 is 2.80 bits per heavy atom. The topological polar surface area (TPSA) is 82.2 Å². The maximum atomic E-state index is 11.6. The minimum Gasteiger partial charge on any atom is -0.477 e. The Morgan fingerprint density at radius 1 is 1.53 bits per heavy atom. The summed E-state index contributed by atoms with van der Waals surface area (Å²) in [6.07, 6.45) is 0. The van der Waals surface area contributed by atoms with E-state index in [9.17, 15) is 9.59 Å². The zero-order chi connectivity index (χ0) is 11.2. The number of carbonyl (C=O) groups excluding carboxylic acids is 1. The summed E-state index contributed by atoms with van der Waals surface area (Å²) >= 11 is 1.35. The third-order valence-electron chi connectivity index (χ3n) is 2.16. The first kappa shape index (κ1) is 10.1. The second-order valence-electron chi connectivity index (χ2n) is 3.79. The summed E-state index contributed by atoms with van der Waals surface area (Å²) in [6, 6.07) is 1.53. The van der Waals surface area contributed by atoms with Crippen LogP contribution in [0, 0.1) is 0 Å². The van der Waals surface area contributed by atoms with E-state index in [4.69, 9.17) is 5.11 Å². The Hall–Kier alpha value is -1.43.